The molecule has 0 bridgehead atoms. The molecule has 1 N–H and O–H groups in total. The van der Waals surface area contributed by atoms with Gasteiger partial charge in [-0.15, -0.1) is 0 Å². The molecule has 21 heavy (non-hydrogen) atoms. The van der Waals surface area contributed by atoms with E-state index in [9.17, 15) is 9.59 Å². The average molecular weight is 298 g/mol. The van der Waals surface area contributed by atoms with Gasteiger partial charge in [0.15, 0.2) is 0 Å². The molecular formula is C16H30N2O3. The van der Waals surface area contributed by atoms with Gasteiger partial charge in [0.25, 0.3) is 0 Å². The van der Waals surface area contributed by atoms with E-state index in [1.54, 1.807) is 12.0 Å². The summed E-state index contributed by atoms with van der Waals surface area (Å²) in [6.45, 7) is 10.5. The molecule has 1 saturated heterocycles. The molecule has 1 fully saturated rings. The molecule has 1 heterocycles. The van der Waals surface area contributed by atoms with Crippen LogP contribution in [0.3, 0.4) is 0 Å². The summed E-state index contributed by atoms with van der Waals surface area (Å²) in [5.41, 5.74) is 0. The molecule has 2 amide bonds. The van der Waals surface area contributed by atoms with E-state index in [0.29, 0.717) is 6.61 Å². The van der Waals surface area contributed by atoms with E-state index in [2.05, 4.69) is 5.32 Å². The van der Waals surface area contributed by atoms with Gasteiger partial charge in [-0.05, 0) is 18.3 Å². The van der Waals surface area contributed by atoms with Crippen LogP contribution in [0.25, 0.3) is 0 Å². The van der Waals surface area contributed by atoms with Crippen LogP contribution in [-0.4, -0.2) is 48.6 Å². The van der Waals surface area contributed by atoms with Crippen molar-refractivity contribution < 1.29 is 14.3 Å². The SMILES string of the molecule is CCC(C)C1NC(=O)C(C(C)C)N(C(CC)COC)C1=O. The molecule has 0 aromatic heterocycles. The monoisotopic (exact) mass is 298 g/mol. The molecule has 0 aromatic carbocycles. The van der Waals surface area contributed by atoms with Gasteiger partial charge < -0.3 is 15.0 Å². The number of carbonyl (C=O) groups excluding carboxylic acids is 2. The van der Waals surface area contributed by atoms with E-state index in [-0.39, 0.29) is 29.7 Å². The van der Waals surface area contributed by atoms with Crippen LogP contribution in [0.4, 0.5) is 0 Å². The highest BCUT2D eigenvalue weighted by molar-refractivity contribution is 5.97. The average Bonchev–Trinajstić information content (AvgIpc) is 2.45. The van der Waals surface area contributed by atoms with Crippen LogP contribution in [0.1, 0.15) is 47.5 Å². The minimum Gasteiger partial charge on any atom is -0.383 e. The zero-order chi connectivity index (χ0) is 16.2. The van der Waals surface area contributed by atoms with Gasteiger partial charge in [-0.25, -0.2) is 0 Å². The summed E-state index contributed by atoms with van der Waals surface area (Å²) in [7, 11) is 1.63. The molecule has 1 aliphatic heterocycles. The second-order valence-corrected chi connectivity index (χ2v) is 6.32. The number of hydrogen-bond donors (Lipinski definition) is 1. The van der Waals surface area contributed by atoms with Crippen LogP contribution in [0, 0.1) is 11.8 Å². The Labute approximate surface area is 128 Å². The summed E-state index contributed by atoms with van der Waals surface area (Å²) >= 11 is 0. The summed E-state index contributed by atoms with van der Waals surface area (Å²) in [4.78, 5) is 27.2. The fourth-order valence-corrected chi connectivity index (χ4v) is 2.96. The maximum absolute atomic E-state index is 12.9. The molecule has 5 heteroatoms. The van der Waals surface area contributed by atoms with Gasteiger partial charge in [0.05, 0.1) is 12.6 Å². The lowest BCUT2D eigenvalue weighted by Crippen LogP contribution is -2.68. The van der Waals surface area contributed by atoms with Crippen LogP contribution in [-0.2, 0) is 14.3 Å². The third-order valence-electron chi connectivity index (χ3n) is 4.45. The summed E-state index contributed by atoms with van der Waals surface area (Å²) < 4.78 is 5.26. The number of nitrogens with zero attached hydrogens (tertiary/aromatic N) is 1. The first-order valence-electron chi connectivity index (χ1n) is 8.00. The number of methoxy groups -OCH3 is 1. The molecule has 122 valence electrons. The van der Waals surface area contributed by atoms with Crippen LogP contribution in [0.5, 0.6) is 0 Å². The zero-order valence-corrected chi connectivity index (χ0v) is 14.2. The first-order valence-corrected chi connectivity index (χ1v) is 8.00. The molecule has 1 rings (SSSR count). The topological polar surface area (TPSA) is 58.6 Å². The number of amides is 2. The van der Waals surface area contributed by atoms with Crippen LogP contribution in [0.2, 0.25) is 0 Å². The maximum Gasteiger partial charge on any atom is 0.246 e. The molecular weight excluding hydrogens is 268 g/mol. The van der Waals surface area contributed by atoms with Crippen molar-refractivity contribution in [3.8, 4) is 0 Å². The number of nitrogens with one attached hydrogen (secondary N) is 1. The van der Waals surface area contributed by atoms with Crippen molar-refractivity contribution in [3.63, 3.8) is 0 Å². The van der Waals surface area contributed by atoms with E-state index in [4.69, 9.17) is 4.74 Å². The van der Waals surface area contributed by atoms with Gasteiger partial charge in [0.1, 0.15) is 12.1 Å². The number of ether oxygens (including phenoxy) is 1. The Hall–Kier alpha value is -1.10. The fourth-order valence-electron chi connectivity index (χ4n) is 2.96. The first kappa shape index (κ1) is 18.0. The molecule has 0 aromatic rings. The Balaban J connectivity index is 3.13. The van der Waals surface area contributed by atoms with Crippen molar-refractivity contribution in [2.75, 3.05) is 13.7 Å². The first-order chi connectivity index (χ1) is 9.88. The van der Waals surface area contributed by atoms with Crippen LogP contribution >= 0.6 is 0 Å². The molecule has 0 spiro atoms. The molecule has 0 radical (unpaired) electrons. The predicted molar refractivity (Wildman–Crippen MR) is 82.8 cm³/mol. The van der Waals surface area contributed by atoms with E-state index < -0.39 is 12.1 Å². The number of rotatable bonds is 7. The molecule has 4 unspecified atom stereocenters. The third-order valence-corrected chi connectivity index (χ3v) is 4.45. The van der Waals surface area contributed by atoms with E-state index in [1.165, 1.54) is 0 Å². The van der Waals surface area contributed by atoms with Gasteiger partial charge in [-0.3, -0.25) is 9.59 Å². The minimum atomic E-state index is -0.414. The Morgan fingerprint density at radius 3 is 2.24 bits per heavy atom. The number of hydrogen-bond acceptors (Lipinski definition) is 3. The lowest BCUT2D eigenvalue weighted by molar-refractivity contribution is -0.157. The predicted octanol–water partition coefficient (Wildman–Crippen LogP) is 1.81. The summed E-state index contributed by atoms with van der Waals surface area (Å²) in [5.74, 6) is 0.214. The number of piperazine rings is 1. The summed E-state index contributed by atoms with van der Waals surface area (Å²) in [6.07, 6.45) is 1.64. The number of carbonyl (C=O) groups is 2. The largest absolute Gasteiger partial charge is 0.383 e. The quantitative estimate of drug-likeness (QED) is 0.780. The highest BCUT2D eigenvalue weighted by atomic mass is 16.5. The van der Waals surface area contributed by atoms with Crippen LogP contribution < -0.4 is 5.32 Å². The van der Waals surface area contributed by atoms with Crippen molar-refractivity contribution in [1.82, 2.24) is 10.2 Å². The lowest BCUT2D eigenvalue weighted by atomic mass is 9.89. The van der Waals surface area contributed by atoms with E-state index in [1.807, 2.05) is 34.6 Å². The van der Waals surface area contributed by atoms with Gasteiger partial charge in [0.2, 0.25) is 11.8 Å². The molecule has 1 aliphatic rings. The normalized spacial score (nSPS) is 26.0. The van der Waals surface area contributed by atoms with Gasteiger partial charge in [-0.2, -0.15) is 0 Å². The third kappa shape index (κ3) is 3.76. The summed E-state index contributed by atoms with van der Waals surface area (Å²) in [5, 5.41) is 2.93. The lowest BCUT2D eigenvalue weighted by Gasteiger charge is -2.45. The van der Waals surface area contributed by atoms with Crippen molar-refractivity contribution >= 4 is 11.8 Å². The van der Waals surface area contributed by atoms with E-state index >= 15 is 0 Å². The molecule has 4 atom stereocenters. The Morgan fingerprint density at radius 2 is 1.81 bits per heavy atom. The van der Waals surface area contributed by atoms with Gasteiger partial charge >= 0.3 is 0 Å². The maximum atomic E-state index is 12.9. The highest BCUT2D eigenvalue weighted by Gasteiger charge is 2.45. The van der Waals surface area contributed by atoms with Gasteiger partial charge in [-0.1, -0.05) is 41.0 Å². The minimum absolute atomic E-state index is 0.0338. The second kappa shape index (κ2) is 7.78. The Morgan fingerprint density at radius 1 is 1.19 bits per heavy atom. The molecule has 0 saturated carbocycles. The fraction of sp³-hybridized carbons (Fsp3) is 0.875. The van der Waals surface area contributed by atoms with Crippen LogP contribution in [0.15, 0.2) is 0 Å². The standard InChI is InChI=1S/C16H30N2O3/c1-7-11(5)13-16(20)18(12(8-2)9-21-6)14(10(3)4)15(19)17-13/h10-14H,7-9H2,1-6H3,(H,17,19). The Bertz CT molecular complexity index is 371. The smallest absolute Gasteiger partial charge is 0.246 e. The Kier molecular flexibility index (Phi) is 6.65. The van der Waals surface area contributed by atoms with E-state index in [0.717, 1.165) is 12.8 Å². The molecule has 5 nitrogen and oxygen atoms in total. The second-order valence-electron chi connectivity index (χ2n) is 6.32. The highest BCUT2D eigenvalue weighted by Crippen LogP contribution is 2.25. The van der Waals surface area contributed by atoms with Gasteiger partial charge in [0, 0.05) is 7.11 Å². The summed E-state index contributed by atoms with van der Waals surface area (Å²) in [6, 6.07) is -0.867. The van der Waals surface area contributed by atoms with Crippen molar-refractivity contribution in [3.05, 3.63) is 0 Å². The molecule has 0 aliphatic carbocycles. The van der Waals surface area contributed by atoms with Crippen molar-refractivity contribution in [1.29, 1.82) is 0 Å². The van der Waals surface area contributed by atoms with Crippen molar-refractivity contribution in [2.45, 2.75) is 65.6 Å². The van der Waals surface area contributed by atoms with Crippen molar-refractivity contribution in [2.24, 2.45) is 11.8 Å². The zero-order valence-electron chi connectivity index (χ0n) is 14.2.